The third-order valence-electron chi connectivity index (χ3n) is 3.56. The van der Waals surface area contributed by atoms with E-state index in [1.54, 1.807) is 13.0 Å². The van der Waals surface area contributed by atoms with Crippen LogP contribution in [0.1, 0.15) is 19.4 Å². The summed E-state index contributed by atoms with van der Waals surface area (Å²) < 4.78 is 26.3. The molecule has 0 spiro atoms. The number of amides is 2. The summed E-state index contributed by atoms with van der Waals surface area (Å²) in [5, 5.41) is 2.13. The maximum atomic E-state index is 12.7. The van der Waals surface area contributed by atoms with Gasteiger partial charge in [0.15, 0.2) is 0 Å². The minimum Gasteiger partial charge on any atom is -0.398 e. The van der Waals surface area contributed by atoms with Gasteiger partial charge in [-0.25, -0.2) is 8.42 Å². The quantitative estimate of drug-likeness (QED) is 0.590. The summed E-state index contributed by atoms with van der Waals surface area (Å²) in [5.41, 5.74) is 5.47. The van der Waals surface area contributed by atoms with Gasteiger partial charge >= 0.3 is 0 Å². The van der Waals surface area contributed by atoms with Crippen molar-refractivity contribution in [1.29, 1.82) is 0 Å². The molecule has 0 aliphatic carbocycles. The summed E-state index contributed by atoms with van der Waals surface area (Å²) in [6.07, 6.45) is 0. The summed E-state index contributed by atoms with van der Waals surface area (Å²) in [5.74, 6) is -1.30. The van der Waals surface area contributed by atoms with E-state index in [0.29, 0.717) is 5.69 Å². The first-order chi connectivity index (χ1) is 9.56. The first kappa shape index (κ1) is 15.5. The number of hydrogen-bond acceptors (Lipinski definition) is 5. The number of nitrogens with two attached hydrogens (primary N) is 1. The van der Waals surface area contributed by atoms with Gasteiger partial charge < -0.3 is 5.73 Å². The normalized spacial score (nSPS) is 19.4. The highest BCUT2D eigenvalue weighted by Crippen LogP contribution is 2.28. The van der Waals surface area contributed by atoms with E-state index < -0.39 is 33.9 Å². The lowest BCUT2D eigenvalue weighted by molar-refractivity contribution is -0.141. The average molecular weight is 311 g/mol. The molecule has 21 heavy (non-hydrogen) atoms. The van der Waals surface area contributed by atoms with Crippen molar-refractivity contribution in [1.82, 2.24) is 9.62 Å². The van der Waals surface area contributed by atoms with Crippen LogP contribution in [0.15, 0.2) is 23.1 Å². The van der Waals surface area contributed by atoms with Crippen LogP contribution in [0.4, 0.5) is 5.69 Å². The van der Waals surface area contributed by atoms with Crippen LogP contribution in [-0.2, 0) is 19.6 Å². The predicted molar refractivity (Wildman–Crippen MR) is 76.7 cm³/mol. The third kappa shape index (κ3) is 2.52. The van der Waals surface area contributed by atoms with Crippen LogP contribution in [0.5, 0.6) is 0 Å². The van der Waals surface area contributed by atoms with Gasteiger partial charge in [-0.1, -0.05) is 6.07 Å². The van der Waals surface area contributed by atoms with Crippen molar-refractivity contribution in [2.24, 2.45) is 0 Å². The van der Waals surface area contributed by atoms with Gasteiger partial charge in [-0.15, -0.1) is 0 Å². The molecule has 0 aromatic heterocycles. The molecule has 1 aliphatic rings. The zero-order chi connectivity index (χ0) is 16.0. The lowest BCUT2D eigenvalue weighted by Crippen LogP contribution is -2.65. The molecule has 7 nitrogen and oxygen atoms in total. The molecule has 1 aromatic rings. The van der Waals surface area contributed by atoms with Gasteiger partial charge in [0.25, 0.3) is 0 Å². The Morgan fingerprint density at radius 3 is 2.48 bits per heavy atom. The molecule has 0 bridgehead atoms. The van der Waals surface area contributed by atoms with E-state index in [4.69, 9.17) is 5.73 Å². The molecule has 1 fully saturated rings. The SMILES string of the molecule is Cc1ccc(S(=O)(=O)N2CC(=O)NC(=O)C2(C)C)cc1N. The van der Waals surface area contributed by atoms with Gasteiger partial charge in [-0.05, 0) is 38.5 Å². The third-order valence-corrected chi connectivity index (χ3v) is 5.57. The average Bonchev–Trinajstić information content (AvgIpc) is 2.37. The lowest BCUT2D eigenvalue weighted by atomic mass is 10.0. The second-order valence-corrected chi connectivity index (χ2v) is 7.33. The monoisotopic (exact) mass is 311 g/mol. The summed E-state index contributed by atoms with van der Waals surface area (Å²) in [6.45, 7) is 4.25. The first-order valence-corrected chi connectivity index (χ1v) is 7.74. The van der Waals surface area contributed by atoms with Gasteiger partial charge in [0.2, 0.25) is 21.8 Å². The highest BCUT2D eigenvalue weighted by Gasteiger charge is 2.47. The fraction of sp³-hybridized carbons (Fsp3) is 0.385. The van der Waals surface area contributed by atoms with Gasteiger partial charge in [0.1, 0.15) is 5.54 Å². The van der Waals surface area contributed by atoms with Crippen molar-refractivity contribution >= 4 is 27.5 Å². The van der Waals surface area contributed by atoms with Gasteiger partial charge in [-0.3, -0.25) is 14.9 Å². The van der Waals surface area contributed by atoms with E-state index >= 15 is 0 Å². The van der Waals surface area contributed by atoms with Gasteiger partial charge in [-0.2, -0.15) is 4.31 Å². The van der Waals surface area contributed by atoms with Crippen molar-refractivity contribution in [3.8, 4) is 0 Å². The predicted octanol–water partition coefficient (Wildman–Crippen LogP) is 0.00292. The van der Waals surface area contributed by atoms with E-state index in [9.17, 15) is 18.0 Å². The highest BCUT2D eigenvalue weighted by molar-refractivity contribution is 7.89. The number of carbonyl (C=O) groups is 2. The van der Waals surface area contributed by atoms with Crippen molar-refractivity contribution < 1.29 is 18.0 Å². The second kappa shape index (κ2) is 4.81. The molecule has 0 unspecified atom stereocenters. The van der Waals surface area contributed by atoms with Crippen LogP contribution in [0, 0.1) is 6.92 Å². The molecule has 1 heterocycles. The van der Waals surface area contributed by atoms with Crippen LogP contribution < -0.4 is 11.1 Å². The molecular formula is C13H17N3O4S. The van der Waals surface area contributed by atoms with E-state index in [-0.39, 0.29) is 4.90 Å². The Kier molecular flexibility index (Phi) is 3.54. The second-order valence-electron chi connectivity index (χ2n) is 5.47. The lowest BCUT2D eigenvalue weighted by Gasteiger charge is -2.38. The fourth-order valence-corrected chi connectivity index (χ4v) is 3.79. The minimum atomic E-state index is -4.00. The number of nitrogens with zero attached hydrogens (tertiary/aromatic N) is 1. The van der Waals surface area contributed by atoms with Gasteiger partial charge in [0.05, 0.1) is 11.4 Å². The van der Waals surface area contributed by atoms with Crippen LogP contribution >= 0.6 is 0 Å². The van der Waals surface area contributed by atoms with E-state index in [1.807, 2.05) is 0 Å². The molecule has 0 atom stereocenters. The number of carbonyl (C=O) groups excluding carboxylic acids is 2. The molecule has 3 N–H and O–H groups in total. The smallest absolute Gasteiger partial charge is 0.247 e. The van der Waals surface area contributed by atoms with E-state index in [2.05, 4.69) is 5.32 Å². The molecule has 2 amide bonds. The zero-order valence-corrected chi connectivity index (χ0v) is 12.8. The molecule has 1 saturated heterocycles. The number of aryl methyl sites for hydroxylation is 1. The summed E-state index contributed by atoms with van der Waals surface area (Å²) >= 11 is 0. The standard InChI is InChI=1S/C13H17N3O4S/c1-8-4-5-9(6-10(8)14)21(19,20)16-7-11(17)15-12(18)13(16,2)3/h4-6H,7,14H2,1-3H3,(H,15,17,18). The largest absolute Gasteiger partial charge is 0.398 e. The Morgan fingerprint density at radius 2 is 1.90 bits per heavy atom. The van der Waals surface area contributed by atoms with Crippen molar-refractivity contribution in [2.75, 3.05) is 12.3 Å². The Hall–Kier alpha value is -1.93. The molecule has 1 aromatic carbocycles. The number of piperazine rings is 1. The Bertz CT molecular complexity index is 725. The number of nitrogen functional groups attached to an aromatic ring is 1. The number of benzene rings is 1. The summed E-state index contributed by atoms with van der Waals surface area (Å²) in [7, 11) is -4.00. The molecule has 8 heteroatoms. The van der Waals surface area contributed by atoms with Crippen molar-refractivity contribution in [2.45, 2.75) is 31.2 Å². The van der Waals surface area contributed by atoms with Crippen LogP contribution in [-0.4, -0.2) is 36.6 Å². The maximum absolute atomic E-state index is 12.7. The Labute approximate surface area is 123 Å². The van der Waals surface area contributed by atoms with Crippen molar-refractivity contribution in [3.63, 3.8) is 0 Å². The van der Waals surface area contributed by atoms with Crippen molar-refractivity contribution in [3.05, 3.63) is 23.8 Å². The topological polar surface area (TPSA) is 110 Å². The number of hydrogen-bond donors (Lipinski definition) is 2. The summed E-state index contributed by atoms with van der Waals surface area (Å²) in [4.78, 5) is 23.3. The Morgan fingerprint density at radius 1 is 1.29 bits per heavy atom. The van der Waals surface area contributed by atoms with Crippen LogP contribution in [0.3, 0.4) is 0 Å². The molecular weight excluding hydrogens is 294 g/mol. The summed E-state index contributed by atoms with van der Waals surface area (Å²) in [6, 6.07) is 4.33. The van der Waals surface area contributed by atoms with Crippen LogP contribution in [0.25, 0.3) is 0 Å². The fourth-order valence-electron chi connectivity index (χ4n) is 2.05. The number of anilines is 1. The minimum absolute atomic E-state index is 0.0406. The molecule has 1 aliphatic heterocycles. The number of imide groups is 1. The number of sulfonamides is 1. The number of rotatable bonds is 2. The maximum Gasteiger partial charge on any atom is 0.247 e. The Balaban J connectivity index is 2.53. The highest BCUT2D eigenvalue weighted by atomic mass is 32.2. The molecule has 2 rings (SSSR count). The zero-order valence-electron chi connectivity index (χ0n) is 12.0. The first-order valence-electron chi connectivity index (χ1n) is 6.30. The molecule has 0 saturated carbocycles. The molecule has 114 valence electrons. The van der Waals surface area contributed by atoms with Gasteiger partial charge in [0, 0.05) is 5.69 Å². The van der Waals surface area contributed by atoms with Crippen LogP contribution in [0.2, 0.25) is 0 Å². The van der Waals surface area contributed by atoms with E-state index in [0.717, 1.165) is 9.87 Å². The number of nitrogens with one attached hydrogen (secondary N) is 1. The molecule has 0 radical (unpaired) electrons. The van der Waals surface area contributed by atoms with E-state index in [1.165, 1.54) is 26.0 Å².